The van der Waals surface area contributed by atoms with Crippen LogP contribution in [0.15, 0.2) is 24.3 Å². The third kappa shape index (κ3) is 49.0. The molecule has 5 nitrogen and oxygen atoms in total. The van der Waals surface area contributed by atoms with Crippen LogP contribution in [0.4, 0.5) is 0 Å². The Hall–Kier alpha value is -1.62. The molecule has 0 aromatic carbocycles. The summed E-state index contributed by atoms with van der Waals surface area (Å²) >= 11 is 0. The molecular formula is C55H104O5. The van der Waals surface area contributed by atoms with Gasteiger partial charge in [0, 0.05) is 19.4 Å². The summed E-state index contributed by atoms with van der Waals surface area (Å²) in [6.07, 6.45) is 60.6. The maximum Gasteiger partial charge on any atom is 0.306 e. The molecule has 1 unspecified atom stereocenters. The average molecular weight is 845 g/mol. The number of carbonyl (C=O) groups excluding carboxylic acids is 2. The fourth-order valence-electron chi connectivity index (χ4n) is 7.91. The number of carbonyl (C=O) groups is 2. The van der Waals surface area contributed by atoms with Crippen LogP contribution in [-0.4, -0.2) is 37.9 Å². The third-order valence-electron chi connectivity index (χ3n) is 12.0. The number of hydrogen-bond acceptors (Lipinski definition) is 5. The fourth-order valence-corrected chi connectivity index (χ4v) is 7.91. The average Bonchev–Trinajstić information content (AvgIpc) is 3.25. The minimum atomic E-state index is -0.530. The number of ether oxygens (including phenoxy) is 3. The fraction of sp³-hybridized carbons (Fsp3) is 0.891. The van der Waals surface area contributed by atoms with Gasteiger partial charge in [-0.2, -0.15) is 0 Å². The summed E-state index contributed by atoms with van der Waals surface area (Å²) in [5.41, 5.74) is 0. The Morgan fingerprint density at radius 2 is 0.650 bits per heavy atom. The molecule has 5 heteroatoms. The van der Waals surface area contributed by atoms with E-state index in [0.29, 0.717) is 26.1 Å². The molecule has 354 valence electrons. The zero-order chi connectivity index (χ0) is 43.5. The first-order valence-electron chi connectivity index (χ1n) is 26.9. The lowest BCUT2D eigenvalue weighted by Gasteiger charge is -2.18. The van der Waals surface area contributed by atoms with Gasteiger partial charge in [0.1, 0.15) is 6.61 Å². The van der Waals surface area contributed by atoms with Gasteiger partial charge in [0.2, 0.25) is 0 Å². The SMILES string of the molecule is CCCCCCCC/C=C\CCCCCCCCCCCCOCC(COC(=O)CCCCCCCCC/C=C\CCCCCCCC)OC(=O)CCCCCCCCC. The standard InChI is InChI=1S/C55H104O5/c1-4-7-10-13-16-18-20-22-24-26-27-28-30-32-34-36-38-41-44-47-50-58-51-53(60-55(57)49-46-43-39-15-12-9-6-3)52-59-54(56)48-45-42-40-37-35-33-31-29-25-23-21-19-17-14-11-8-5-2/h22-25,53H,4-21,26-52H2,1-3H3/b24-22-,25-23-. The first-order chi connectivity index (χ1) is 29.6. The molecule has 0 N–H and O–H groups in total. The van der Waals surface area contributed by atoms with Gasteiger partial charge in [-0.05, 0) is 70.6 Å². The maximum absolute atomic E-state index is 12.7. The smallest absolute Gasteiger partial charge is 0.306 e. The Labute approximate surface area is 375 Å². The zero-order valence-corrected chi connectivity index (χ0v) is 40.7. The molecule has 60 heavy (non-hydrogen) atoms. The topological polar surface area (TPSA) is 61.8 Å². The second-order valence-corrected chi connectivity index (χ2v) is 18.1. The second-order valence-electron chi connectivity index (χ2n) is 18.1. The van der Waals surface area contributed by atoms with Gasteiger partial charge in [0.05, 0.1) is 6.61 Å². The minimum absolute atomic E-state index is 0.0882. The van der Waals surface area contributed by atoms with Crippen molar-refractivity contribution in [3.8, 4) is 0 Å². The Kier molecular flexibility index (Phi) is 50.3. The Balaban J connectivity index is 4.05. The highest BCUT2D eigenvalue weighted by Gasteiger charge is 2.17. The van der Waals surface area contributed by atoms with Crippen LogP contribution in [0.2, 0.25) is 0 Å². The highest BCUT2D eigenvalue weighted by Crippen LogP contribution is 2.15. The van der Waals surface area contributed by atoms with Gasteiger partial charge in [-0.25, -0.2) is 0 Å². The van der Waals surface area contributed by atoms with Crippen molar-refractivity contribution in [1.29, 1.82) is 0 Å². The Morgan fingerprint density at radius 1 is 0.350 bits per heavy atom. The molecule has 0 saturated heterocycles. The number of hydrogen-bond donors (Lipinski definition) is 0. The highest BCUT2D eigenvalue weighted by molar-refractivity contribution is 5.70. The summed E-state index contributed by atoms with van der Waals surface area (Å²) < 4.78 is 17.4. The largest absolute Gasteiger partial charge is 0.462 e. The van der Waals surface area contributed by atoms with Gasteiger partial charge in [-0.1, -0.05) is 231 Å². The minimum Gasteiger partial charge on any atom is -0.462 e. The molecule has 0 rings (SSSR count). The quantitative estimate of drug-likeness (QED) is 0.0347. The van der Waals surface area contributed by atoms with Gasteiger partial charge in [-0.15, -0.1) is 0 Å². The van der Waals surface area contributed by atoms with Crippen molar-refractivity contribution in [3.63, 3.8) is 0 Å². The summed E-state index contributed by atoms with van der Waals surface area (Å²) in [6, 6.07) is 0. The van der Waals surface area contributed by atoms with E-state index in [1.807, 2.05) is 0 Å². The lowest BCUT2D eigenvalue weighted by molar-refractivity contribution is -0.163. The Bertz CT molecular complexity index is 913. The Morgan fingerprint density at radius 3 is 1.02 bits per heavy atom. The van der Waals surface area contributed by atoms with Crippen molar-refractivity contribution in [2.24, 2.45) is 0 Å². The molecule has 0 heterocycles. The molecule has 0 aromatic rings. The molecule has 0 bridgehead atoms. The van der Waals surface area contributed by atoms with Gasteiger partial charge >= 0.3 is 11.9 Å². The highest BCUT2D eigenvalue weighted by atomic mass is 16.6. The molecular weight excluding hydrogens is 741 g/mol. The van der Waals surface area contributed by atoms with Crippen molar-refractivity contribution in [1.82, 2.24) is 0 Å². The van der Waals surface area contributed by atoms with Crippen LogP contribution in [0.3, 0.4) is 0 Å². The molecule has 0 amide bonds. The van der Waals surface area contributed by atoms with Crippen LogP contribution in [0.5, 0.6) is 0 Å². The summed E-state index contributed by atoms with van der Waals surface area (Å²) in [5, 5.41) is 0. The van der Waals surface area contributed by atoms with E-state index in [-0.39, 0.29) is 18.5 Å². The summed E-state index contributed by atoms with van der Waals surface area (Å²) in [5.74, 6) is -0.393. The zero-order valence-electron chi connectivity index (χ0n) is 40.7. The molecule has 0 aliphatic heterocycles. The van der Waals surface area contributed by atoms with Gasteiger partial charge in [0.15, 0.2) is 6.10 Å². The van der Waals surface area contributed by atoms with Crippen molar-refractivity contribution in [2.45, 2.75) is 297 Å². The molecule has 0 fully saturated rings. The molecule has 0 saturated carbocycles. The van der Waals surface area contributed by atoms with Crippen molar-refractivity contribution < 1.29 is 23.8 Å². The van der Waals surface area contributed by atoms with Gasteiger partial charge in [0.25, 0.3) is 0 Å². The van der Waals surface area contributed by atoms with E-state index >= 15 is 0 Å². The summed E-state index contributed by atoms with van der Waals surface area (Å²) in [4.78, 5) is 25.3. The number of allylic oxidation sites excluding steroid dienone is 4. The summed E-state index contributed by atoms with van der Waals surface area (Å²) in [6.45, 7) is 7.83. The second kappa shape index (κ2) is 51.7. The number of rotatable bonds is 50. The van der Waals surface area contributed by atoms with E-state index in [2.05, 4.69) is 45.1 Å². The van der Waals surface area contributed by atoms with Crippen molar-refractivity contribution in [3.05, 3.63) is 24.3 Å². The first kappa shape index (κ1) is 58.4. The molecule has 0 spiro atoms. The third-order valence-corrected chi connectivity index (χ3v) is 12.0. The van der Waals surface area contributed by atoms with Gasteiger partial charge in [-0.3, -0.25) is 9.59 Å². The van der Waals surface area contributed by atoms with E-state index in [0.717, 1.165) is 32.1 Å². The summed E-state index contributed by atoms with van der Waals surface area (Å²) in [7, 11) is 0. The van der Waals surface area contributed by atoms with Gasteiger partial charge < -0.3 is 14.2 Å². The molecule has 0 aliphatic rings. The van der Waals surface area contributed by atoms with E-state index in [4.69, 9.17) is 14.2 Å². The van der Waals surface area contributed by atoms with E-state index in [1.165, 1.54) is 225 Å². The van der Waals surface area contributed by atoms with Crippen LogP contribution >= 0.6 is 0 Å². The normalized spacial score (nSPS) is 12.2. The molecule has 0 aliphatic carbocycles. The predicted molar refractivity (Wildman–Crippen MR) is 261 cm³/mol. The van der Waals surface area contributed by atoms with E-state index < -0.39 is 6.10 Å². The first-order valence-corrected chi connectivity index (χ1v) is 26.9. The van der Waals surface area contributed by atoms with Crippen molar-refractivity contribution in [2.75, 3.05) is 19.8 Å². The number of unbranched alkanes of at least 4 members (excludes halogenated alkanes) is 35. The molecule has 0 radical (unpaired) electrons. The van der Waals surface area contributed by atoms with Crippen LogP contribution in [0, 0.1) is 0 Å². The van der Waals surface area contributed by atoms with Crippen LogP contribution < -0.4 is 0 Å². The molecule has 1 atom stereocenters. The van der Waals surface area contributed by atoms with Crippen LogP contribution in [-0.2, 0) is 23.8 Å². The van der Waals surface area contributed by atoms with Crippen LogP contribution in [0.1, 0.15) is 290 Å². The maximum atomic E-state index is 12.7. The lowest BCUT2D eigenvalue weighted by Crippen LogP contribution is -2.30. The van der Waals surface area contributed by atoms with Crippen LogP contribution in [0.25, 0.3) is 0 Å². The predicted octanol–water partition coefficient (Wildman–Crippen LogP) is 18.0. The lowest BCUT2D eigenvalue weighted by atomic mass is 10.1. The number of esters is 2. The monoisotopic (exact) mass is 845 g/mol. The van der Waals surface area contributed by atoms with Crippen molar-refractivity contribution >= 4 is 11.9 Å². The van der Waals surface area contributed by atoms with E-state index in [9.17, 15) is 9.59 Å². The van der Waals surface area contributed by atoms with E-state index in [1.54, 1.807) is 0 Å². The molecule has 0 aromatic heterocycles.